The van der Waals surface area contributed by atoms with E-state index < -0.39 is 6.36 Å². The molecule has 0 amide bonds. The largest absolute Gasteiger partial charge is 0.573 e. The molecule has 0 aliphatic carbocycles. The zero-order valence-electron chi connectivity index (χ0n) is 13.3. The Balaban J connectivity index is 0.00000312. The summed E-state index contributed by atoms with van der Waals surface area (Å²) in [5.41, 5.74) is 7.03. The molecule has 136 valence electrons. The van der Waals surface area contributed by atoms with Crippen LogP contribution in [0.3, 0.4) is 0 Å². The zero-order valence-corrected chi connectivity index (χ0v) is 15.6. The summed E-state index contributed by atoms with van der Waals surface area (Å²) in [5.74, 6) is -0.311. The van der Waals surface area contributed by atoms with Gasteiger partial charge in [-0.2, -0.15) is 0 Å². The Labute approximate surface area is 161 Å². The Morgan fingerprint density at radius 1 is 1.04 bits per heavy atom. The van der Waals surface area contributed by atoms with Crippen molar-refractivity contribution in [3.63, 3.8) is 0 Å². The maximum atomic E-state index is 12.4. The SMILES string of the molecule is I.NC(=NCCCc1ccccc1)Nc1ccccc1OC(F)(F)F. The molecule has 25 heavy (non-hydrogen) atoms. The molecule has 0 aliphatic heterocycles. The number of nitrogens with zero attached hydrogens (tertiary/aromatic N) is 1. The maximum Gasteiger partial charge on any atom is 0.573 e. The number of nitrogens with two attached hydrogens (primary N) is 1. The number of rotatable bonds is 6. The summed E-state index contributed by atoms with van der Waals surface area (Å²) in [7, 11) is 0. The van der Waals surface area contributed by atoms with Gasteiger partial charge in [-0.15, -0.1) is 37.1 Å². The van der Waals surface area contributed by atoms with Crippen molar-refractivity contribution in [2.45, 2.75) is 19.2 Å². The van der Waals surface area contributed by atoms with Gasteiger partial charge in [-0.3, -0.25) is 4.99 Å². The van der Waals surface area contributed by atoms with Crippen LogP contribution < -0.4 is 15.8 Å². The van der Waals surface area contributed by atoms with Crippen LogP contribution in [0, 0.1) is 0 Å². The molecule has 0 saturated carbocycles. The standard InChI is InChI=1S/C17H18F3N3O.HI/c18-17(19,20)24-15-11-5-4-10-14(15)23-16(21)22-12-6-9-13-7-2-1-3-8-13;/h1-5,7-8,10-11H,6,9,12H2,(H3,21,22,23);1H. The summed E-state index contributed by atoms with van der Waals surface area (Å²) >= 11 is 0. The van der Waals surface area contributed by atoms with Crippen LogP contribution >= 0.6 is 24.0 Å². The molecule has 0 heterocycles. The van der Waals surface area contributed by atoms with E-state index in [4.69, 9.17) is 5.73 Å². The highest BCUT2D eigenvalue weighted by Gasteiger charge is 2.32. The molecule has 0 bridgehead atoms. The molecule has 3 N–H and O–H groups in total. The minimum absolute atomic E-state index is 0. The molecule has 2 aromatic carbocycles. The van der Waals surface area contributed by atoms with Crippen molar-refractivity contribution in [1.82, 2.24) is 0 Å². The van der Waals surface area contributed by atoms with E-state index in [0.29, 0.717) is 6.54 Å². The minimum atomic E-state index is -4.76. The van der Waals surface area contributed by atoms with Crippen LogP contribution in [-0.2, 0) is 6.42 Å². The second kappa shape index (κ2) is 10.1. The first-order valence-corrected chi connectivity index (χ1v) is 7.40. The fourth-order valence-corrected chi connectivity index (χ4v) is 2.09. The van der Waals surface area contributed by atoms with Crippen molar-refractivity contribution in [2.75, 3.05) is 11.9 Å². The van der Waals surface area contributed by atoms with Gasteiger partial charge in [0.1, 0.15) is 0 Å². The monoisotopic (exact) mass is 465 g/mol. The first kappa shape index (κ1) is 21.1. The van der Waals surface area contributed by atoms with Crippen LogP contribution in [0.1, 0.15) is 12.0 Å². The third kappa shape index (κ3) is 8.10. The normalized spacial score (nSPS) is 11.6. The van der Waals surface area contributed by atoms with Crippen LogP contribution in [-0.4, -0.2) is 18.9 Å². The lowest BCUT2D eigenvalue weighted by Crippen LogP contribution is -2.24. The molecular weight excluding hydrogens is 446 g/mol. The van der Waals surface area contributed by atoms with E-state index >= 15 is 0 Å². The third-order valence-corrected chi connectivity index (χ3v) is 3.12. The van der Waals surface area contributed by atoms with Gasteiger partial charge in [-0.25, -0.2) is 0 Å². The van der Waals surface area contributed by atoms with Crippen LogP contribution in [0.2, 0.25) is 0 Å². The first-order chi connectivity index (χ1) is 11.4. The molecule has 2 aromatic rings. The summed E-state index contributed by atoms with van der Waals surface area (Å²) < 4.78 is 41.0. The van der Waals surface area contributed by atoms with Crippen LogP contribution in [0.4, 0.5) is 18.9 Å². The summed E-state index contributed by atoms with van der Waals surface area (Å²) in [6, 6.07) is 15.6. The van der Waals surface area contributed by atoms with Gasteiger partial charge in [0, 0.05) is 6.54 Å². The molecule has 0 radical (unpaired) electrons. The molecule has 2 rings (SSSR count). The van der Waals surface area contributed by atoms with Gasteiger partial charge in [0.25, 0.3) is 0 Å². The second-order valence-corrected chi connectivity index (χ2v) is 5.03. The Hall–Kier alpha value is -1.97. The number of anilines is 1. The molecule has 0 aliphatic rings. The number of alkyl halides is 3. The molecular formula is C17H19F3IN3O. The van der Waals surface area contributed by atoms with E-state index in [0.717, 1.165) is 12.8 Å². The van der Waals surface area contributed by atoms with Gasteiger partial charge in [0.2, 0.25) is 0 Å². The topological polar surface area (TPSA) is 59.6 Å². The van der Waals surface area contributed by atoms with E-state index in [1.807, 2.05) is 30.3 Å². The number of benzene rings is 2. The molecule has 8 heteroatoms. The van der Waals surface area contributed by atoms with Gasteiger partial charge in [0.05, 0.1) is 5.69 Å². The third-order valence-electron chi connectivity index (χ3n) is 3.12. The smallest absolute Gasteiger partial charge is 0.404 e. The van der Waals surface area contributed by atoms with E-state index in [2.05, 4.69) is 15.0 Å². The quantitative estimate of drug-likeness (QED) is 0.285. The number of halogens is 4. The Kier molecular flexibility index (Phi) is 8.53. The second-order valence-electron chi connectivity index (χ2n) is 5.03. The molecule has 0 spiro atoms. The van der Waals surface area contributed by atoms with E-state index in [1.165, 1.54) is 23.8 Å². The summed E-state index contributed by atoms with van der Waals surface area (Å²) in [6.07, 6.45) is -3.13. The summed E-state index contributed by atoms with van der Waals surface area (Å²) in [4.78, 5) is 4.12. The van der Waals surface area contributed by atoms with E-state index in [9.17, 15) is 13.2 Å². The summed E-state index contributed by atoms with van der Waals surface area (Å²) in [5, 5.41) is 2.63. The molecule has 0 unspecified atom stereocenters. The number of nitrogens with one attached hydrogen (secondary N) is 1. The van der Waals surface area contributed by atoms with Crippen LogP contribution in [0.15, 0.2) is 59.6 Å². The lowest BCUT2D eigenvalue weighted by Gasteiger charge is -2.14. The number of aryl methyl sites for hydroxylation is 1. The van der Waals surface area contributed by atoms with Gasteiger partial charge in [-0.1, -0.05) is 42.5 Å². The Morgan fingerprint density at radius 2 is 1.68 bits per heavy atom. The predicted octanol–water partition coefficient (Wildman–Crippen LogP) is 4.56. The van der Waals surface area contributed by atoms with Crippen molar-refractivity contribution >= 4 is 35.6 Å². The molecule has 0 saturated heterocycles. The highest BCUT2D eigenvalue weighted by atomic mass is 127. The fraction of sp³-hybridized carbons (Fsp3) is 0.235. The van der Waals surface area contributed by atoms with Gasteiger partial charge < -0.3 is 15.8 Å². The first-order valence-electron chi connectivity index (χ1n) is 7.40. The predicted molar refractivity (Wildman–Crippen MR) is 103 cm³/mol. The maximum absolute atomic E-state index is 12.4. The number of para-hydroxylation sites is 2. The fourth-order valence-electron chi connectivity index (χ4n) is 2.09. The van der Waals surface area contributed by atoms with Crippen molar-refractivity contribution in [1.29, 1.82) is 0 Å². The zero-order chi connectivity index (χ0) is 17.4. The lowest BCUT2D eigenvalue weighted by molar-refractivity contribution is -0.274. The Morgan fingerprint density at radius 3 is 2.36 bits per heavy atom. The number of ether oxygens (including phenoxy) is 1. The number of hydrogen-bond acceptors (Lipinski definition) is 2. The molecule has 0 fully saturated rings. The summed E-state index contributed by atoms with van der Waals surface area (Å²) in [6.45, 7) is 0.468. The highest BCUT2D eigenvalue weighted by molar-refractivity contribution is 14.0. The van der Waals surface area contributed by atoms with Crippen molar-refractivity contribution in [3.05, 3.63) is 60.2 Å². The van der Waals surface area contributed by atoms with Crippen LogP contribution in [0.25, 0.3) is 0 Å². The lowest BCUT2D eigenvalue weighted by atomic mass is 10.1. The number of hydrogen-bond donors (Lipinski definition) is 2. The van der Waals surface area contributed by atoms with Crippen LogP contribution in [0.5, 0.6) is 5.75 Å². The average Bonchev–Trinajstić information content (AvgIpc) is 2.53. The van der Waals surface area contributed by atoms with Gasteiger partial charge in [-0.05, 0) is 30.5 Å². The minimum Gasteiger partial charge on any atom is -0.404 e. The van der Waals surface area contributed by atoms with Gasteiger partial charge >= 0.3 is 6.36 Å². The Bertz CT molecular complexity index is 678. The highest BCUT2D eigenvalue weighted by Crippen LogP contribution is 2.29. The van der Waals surface area contributed by atoms with E-state index in [1.54, 1.807) is 6.07 Å². The number of guanidine groups is 1. The number of aliphatic imine (C=N–C) groups is 1. The van der Waals surface area contributed by atoms with Crippen molar-refractivity contribution in [3.8, 4) is 5.75 Å². The van der Waals surface area contributed by atoms with E-state index in [-0.39, 0.29) is 41.4 Å². The molecule has 4 nitrogen and oxygen atoms in total. The average molecular weight is 465 g/mol. The van der Waals surface area contributed by atoms with Gasteiger partial charge in [0.15, 0.2) is 11.7 Å². The van der Waals surface area contributed by atoms with Crippen molar-refractivity contribution < 1.29 is 17.9 Å². The molecule has 0 atom stereocenters. The van der Waals surface area contributed by atoms with Crippen molar-refractivity contribution in [2.24, 2.45) is 10.7 Å². The molecule has 0 aromatic heterocycles.